The van der Waals surface area contributed by atoms with Gasteiger partial charge in [-0.2, -0.15) is 0 Å². The zero-order valence-electron chi connectivity index (χ0n) is 14.2. The summed E-state index contributed by atoms with van der Waals surface area (Å²) in [5.41, 5.74) is -0.658. The second-order valence-corrected chi connectivity index (χ2v) is 6.39. The molecule has 0 fully saturated rings. The summed E-state index contributed by atoms with van der Waals surface area (Å²) in [6.07, 6.45) is 0. The minimum absolute atomic E-state index is 0.0251. The molecule has 0 amide bonds. The van der Waals surface area contributed by atoms with Gasteiger partial charge in [-0.25, -0.2) is 19.2 Å². The number of benzene rings is 3. The molecule has 134 valence electrons. The van der Waals surface area contributed by atoms with Gasteiger partial charge < -0.3 is 8.83 Å². The van der Waals surface area contributed by atoms with Crippen molar-refractivity contribution in [3.8, 4) is 22.3 Å². The van der Waals surface area contributed by atoms with Crippen molar-refractivity contribution in [1.29, 1.82) is 0 Å². The number of rotatable bonds is 2. The first-order valence-corrected chi connectivity index (χ1v) is 8.44. The highest BCUT2D eigenvalue weighted by Gasteiger charge is 2.23. The predicted octanol–water partition coefficient (Wildman–Crippen LogP) is 2.83. The largest absolute Gasteiger partial charge is 0.386 e. The highest BCUT2D eigenvalue weighted by atomic mass is 16.4. The maximum absolute atomic E-state index is 12.3. The lowest BCUT2D eigenvalue weighted by atomic mass is 9.95. The van der Waals surface area contributed by atoms with E-state index in [0.29, 0.717) is 11.1 Å². The van der Waals surface area contributed by atoms with Gasteiger partial charge in [-0.3, -0.25) is 0 Å². The molecule has 6 heteroatoms. The van der Waals surface area contributed by atoms with Gasteiger partial charge in [0.05, 0.1) is 21.5 Å². The van der Waals surface area contributed by atoms with E-state index in [1.807, 2.05) is 42.5 Å². The lowest BCUT2D eigenvalue weighted by Gasteiger charge is -2.06. The third-order valence-electron chi connectivity index (χ3n) is 4.83. The molecule has 0 unspecified atom stereocenters. The highest BCUT2D eigenvalue weighted by Crippen LogP contribution is 2.31. The molecule has 0 aliphatic heterocycles. The first-order valence-electron chi connectivity index (χ1n) is 8.44. The molecule has 0 atom stereocenters. The number of fused-ring (bicyclic) bond motifs is 3. The van der Waals surface area contributed by atoms with Crippen LogP contribution in [-0.4, -0.2) is 0 Å². The fraction of sp³-hybridized carbons (Fsp3) is 0. The maximum atomic E-state index is 12.3. The summed E-state index contributed by atoms with van der Waals surface area (Å²) in [6.45, 7) is 0. The third-order valence-corrected chi connectivity index (χ3v) is 4.83. The molecule has 0 radical (unpaired) electrons. The van der Waals surface area contributed by atoms with Crippen LogP contribution in [0, 0.1) is 0 Å². The van der Waals surface area contributed by atoms with Crippen LogP contribution in [0.1, 0.15) is 0 Å². The fourth-order valence-corrected chi connectivity index (χ4v) is 3.55. The Labute approximate surface area is 155 Å². The second kappa shape index (κ2) is 5.72. The quantitative estimate of drug-likeness (QED) is 0.474. The highest BCUT2D eigenvalue weighted by molar-refractivity contribution is 6.12. The van der Waals surface area contributed by atoms with Crippen LogP contribution in [0.25, 0.3) is 43.8 Å². The van der Waals surface area contributed by atoms with Gasteiger partial charge in [-0.1, -0.05) is 54.6 Å². The van der Waals surface area contributed by atoms with Crippen LogP contribution < -0.4 is 22.5 Å². The van der Waals surface area contributed by atoms with Crippen LogP contribution in [0.3, 0.4) is 0 Å². The SMILES string of the molecule is O=c1oc(=O)c2c1cc(-c1ccc(-c3ccccc3)cc1)c1c(=O)oc(=O)c12. The predicted molar refractivity (Wildman–Crippen MR) is 104 cm³/mol. The Hall–Kier alpha value is -4.06. The minimum atomic E-state index is -0.953. The van der Waals surface area contributed by atoms with Gasteiger partial charge in [-0.05, 0) is 28.3 Å². The van der Waals surface area contributed by atoms with Crippen molar-refractivity contribution in [2.45, 2.75) is 0 Å². The molecule has 6 nitrogen and oxygen atoms in total. The zero-order chi connectivity index (χ0) is 19.4. The van der Waals surface area contributed by atoms with Crippen LogP contribution in [0.4, 0.5) is 0 Å². The molecule has 5 rings (SSSR count). The molecule has 0 aliphatic carbocycles. The normalized spacial score (nSPS) is 11.4. The smallest absolute Gasteiger partial charge is 0.347 e. The fourth-order valence-electron chi connectivity index (χ4n) is 3.55. The zero-order valence-corrected chi connectivity index (χ0v) is 14.2. The van der Waals surface area contributed by atoms with Crippen LogP contribution in [0.15, 0.2) is 88.7 Å². The van der Waals surface area contributed by atoms with Gasteiger partial charge in [0.2, 0.25) is 0 Å². The van der Waals surface area contributed by atoms with Crippen LogP contribution in [0.5, 0.6) is 0 Å². The van der Waals surface area contributed by atoms with E-state index in [9.17, 15) is 19.2 Å². The number of hydrogen-bond donors (Lipinski definition) is 0. The van der Waals surface area contributed by atoms with Gasteiger partial charge in [0, 0.05) is 0 Å². The van der Waals surface area contributed by atoms with Crippen molar-refractivity contribution in [3.05, 3.63) is 102 Å². The molecular weight excluding hydrogens is 360 g/mol. The Morgan fingerprint density at radius 3 is 1.75 bits per heavy atom. The molecular formula is C22H10O6. The van der Waals surface area contributed by atoms with E-state index in [4.69, 9.17) is 4.42 Å². The molecule has 0 saturated heterocycles. The lowest BCUT2D eigenvalue weighted by molar-refractivity contribution is 0.497. The Kier molecular flexibility index (Phi) is 3.30. The van der Waals surface area contributed by atoms with Gasteiger partial charge in [-0.15, -0.1) is 0 Å². The van der Waals surface area contributed by atoms with Crippen molar-refractivity contribution in [2.24, 2.45) is 0 Å². The average Bonchev–Trinajstić information content (AvgIpc) is 3.17. The van der Waals surface area contributed by atoms with Crippen molar-refractivity contribution in [3.63, 3.8) is 0 Å². The third kappa shape index (κ3) is 2.21. The summed E-state index contributed by atoms with van der Waals surface area (Å²) >= 11 is 0. The van der Waals surface area contributed by atoms with E-state index in [0.717, 1.165) is 11.1 Å². The molecule has 28 heavy (non-hydrogen) atoms. The van der Waals surface area contributed by atoms with E-state index in [-0.39, 0.29) is 21.5 Å². The van der Waals surface area contributed by atoms with Crippen molar-refractivity contribution in [1.82, 2.24) is 0 Å². The van der Waals surface area contributed by atoms with Crippen molar-refractivity contribution in [2.75, 3.05) is 0 Å². The molecule has 0 bridgehead atoms. The van der Waals surface area contributed by atoms with Gasteiger partial charge in [0.1, 0.15) is 0 Å². The van der Waals surface area contributed by atoms with E-state index in [1.165, 1.54) is 6.07 Å². The molecule has 0 aliphatic rings. The monoisotopic (exact) mass is 370 g/mol. The summed E-state index contributed by atoms with van der Waals surface area (Å²) in [6, 6.07) is 18.4. The average molecular weight is 370 g/mol. The summed E-state index contributed by atoms with van der Waals surface area (Å²) in [5, 5.41) is -0.485. The summed E-state index contributed by atoms with van der Waals surface area (Å²) in [5.74, 6) is 0. The first kappa shape index (κ1) is 16.1. The lowest BCUT2D eigenvalue weighted by Crippen LogP contribution is -1.99. The Morgan fingerprint density at radius 2 is 1.04 bits per heavy atom. The molecule has 3 aromatic carbocycles. The first-order chi connectivity index (χ1) is 13.5. The van der Waals surface area contributed by atoms with Gasteiger partial charge in [0.15, 0.2) is 0 Å². The molecule has 2 heterocycles. The van der Waals surface area contributed by atoms with E-state index >= 15 is 0 Å². The van der Waals surface area contributed by atoms with E-state index < -0.39 is 22.5 Å². The van der Waals surface area contributed by atoms with Gasteiger partial charge >= 0.3 is 22.5 Å². The minimum Gasteiger partial charge on any atom is -0.386 e. The van der Waals surface area contributed by atoms with Crippen molar-refractivity contribution >= 4 is 21.5 Å². The second-order valence-electron chi connectivity index (χ2n) is 6.39. The summed E-state index contributed by atoms with van der Waals surface area (Å²) in [7, 11) is 0. The van der Waals surface area contributed by atoms with Gasteiger partial charge in [0.25, 0.3) is 0 Å². The molecule has 0 spiro atoms. The maximum Gasteiger partial charge on any atom is 0.347 e. The van der Waals surface area contributed by atoms with Crippen molar-refractivity contribution < 1.29 is 8.83 Å². The standard InChI is InChI=1S/C22H10O6/c23-19-15-10-14(13-8-6-12(7-9-13)11-4-2-1-3-5-11)16-18(17(15)21(25)27-19)22(26)28-20(16)24/h1-10H. The Bertz CT molecular complexity index is 1560. The van der Waals surface area contributed by atoms with Crippen LogP contribution in [-0.2, 0) is 0 Å². The van der Waals surface area contributed by atoms with E-state index in [1.54, 1.807) is 12.1 Å². The Morgan fingerprint density at radius 1 is 0.500 bits per heavy atom. The van der Waals surface area contributed by atoms with Crippen LogP contribution in [0.2, 0.25) is 0 Å². The number of hydrogen-bond acceptors (Lipinski definition) is 6. The van der Waals surface area contributed by atoms with E-state index in [2.05, 4.69) is 4.42 Å². The topological polar surface area (TPSA) is 94.6 Å². The molecule has 2 aromatic heterocycles. The summed E-state index contributed by atoms with van der Waals surface area (Å²) < 4.78 is 9.31. The molecule has 5 aromatic rings. The number of furan rings is 2. The Balaban J connectivity index is 1.83. The molecule has 0 N–H and O–H groups in total. The van der Waals surface area contributed by atoms with Crippen LogP contribution >= 0.6 is 0 Å². The molecule has 0 saturated carbocycles. The summed E-state index contributed by atoms with van der Waals surface area (Å²) in [4.78, 5) is 48.4.